The highest BCUT2D eigenvalue weighted by Crippen LogP contribution is 2.18. The molecular formula is C14H17N3O3. The first-order chi connectivity index (χ1) is 9.54. The van der Waals surface area contributed by atoms with Crippen molar-refractivity contribution in [3.63, 3.8) is 0 Å². The average Bonchev–Trinajstić information content (AvgIpc) is 2.85. The minimum absolute atomic E-state index is 0.124. The van der Waals surface area contributed by atoms with Crippen LogP contribution in [0.25, 0.3) is 0 Å². The van der Waals surface area contributed by atoms with Gasteiger partial charge in [-0.1, -0.05) is 25.1 Å². The third-order valence-electron chi connectivity index (χ3n) is 2.61. The van der Waals surface area contributed by atoms with Crippen molar-refractivity contribution in [3.05, 3.63) is 36.0 Å². The van der Waals surface area contributed by atoms with Crippen LogP contribution < -0.4 is 15.8 Å². The second-order valence-electron chi connectivity index (χ2n) is 4.68. The first kappa shape index (κ1) is 13.9. The van der Waals surface area contributed by atoms with E-state index in [1.807, 2.05) is 13.8 Å². The summed E-state index contributed by atoms with van der Waals surface area (Å²) in [5, 5.41) is 6.43. The fraction of sp³-hybridized carbons (Fsp3) is 0.286. The molecule has 0 saturated heterocycles. The number of ether oxygens (including phenoxy) is 1. The molecule has 1 aromatic carbocycles. The number of carbonyl (C=O) groups is 1. The third-order valence-corrected chi connectivity index (χ3v) is 2.61. The largest absolute Gasteiger partial charge is 0.484 e. The van der Waals surface area contributed by atoms with Crippen molar-refractivity contribution in [2.45, 2.75) is 19.8 Å². The number of benzene rings is 1. The third kappa shape index (κ3) is 3.74. The molecule has 2 aromatic rings. The average molecular weight is 275 g/mol. The minimum atomic E-state index is -0.320. The smallest absolute Gasteiger partial charge is 0.264 e. The van der Waals surface area contributed by atoms with Gasteiger partial charge in [0.25, 0.3) is 5.91 Å². The molecule has 1 aromatic heterocycles. The lowest BCUT2D eigenvalue weighted by atomic mass is 10.1. The van der Waals surface area contributed by atoms with E-state index in [0.717, 1.165) is 5.69 Å². The number of carbonyl (C=O) groups excluding carboxylic acids is 1. The molecule has 20 heavy (non-hydrogen) atoms. The number of nitrogens with one attached hydrogen (secondary N) is 1. The monoisotopic (exact) mass is 275 g/mol. The van der Waals surface area contributed by atoms with Crippen LogP contribution in [0.1, 0.15) is 25.5 Å². The molecule has 6 heteroatoms. The molecule has 106 valence electrons. The van der Waals surface area contributed by atoms with Gasteiger partial charge >= 0.3 is 0 Å². The van der Waals surface area contributed by atoms with Crippen LogP contribution in [0.5, 0.6) is 5.75 Å². The highest BCUT2D eigenvalue weighted by atomic mass is 16.5. The number of aromatic nitrogens is 1. The first-order valence-corrected chi connectivity index (χ1v) is 6.29. The minimum Gasteiger partial charge on any atom is -0.484 e. The molecule has 0 fully saturated rings. The Bertz CT molecular complexity index is 593. The summed E-state index contributed by atoms with van der Waals surface area (Å²) in [6.07, 6.45) is 0. The van der Waals surface area contributed by atoms with Gasteiger partial charge in [0.1, 0.15) is 5.75 Å². The maximum Gasteiger partial charge on any atom is 0.264 e. The van der Waals surface area contributed by atoms with Gasteiger partial charge in [0.2, 0.25) is 5.88 Å². The molecule has 3 N–H and O–H groups in total. The Morgan fingerprint density at radius 2 is 2.25 bits per heavy atom. The zero-order chi connectivity index (χ0) is 14.5. The fourth-order valence-electron chi connectivity index (χ4n) is 1.55. The van der Waals surface area contributed by atoms with Gasteiger partial charge in [-0.05, 0) is 18.1 Å². The lowest BCUT2D eigenvalue weighted by Gasteiger charge is -2.05. The van der Waals surface area contributed by atoms with Crippen molar-refractivity contribution in [1.29, 1.82) is 0 Å². The van der Waals surface area contributed by atoms with Gasteiger partial charge < -0.3 is 15.0 Å². The van der Waals surface area contributed by atoms with Crippen LogP contribution in [-0.2, 0) is 4.79 Å². The summed E-state index contributed by atoms with van der Waals surface area (Å²) in [5.74, 6) is 0.780. The van der Waals surface area contributed by atoms with Crippen molar-refractivity contribution < 1.29 is 14.1 Å². The van der Waals surface area contributed by atoms with Gasteiger partial charge in [-0.2, -0.15) is 0 Å². The molecule has 2 rings (SSSR count). The summed E-state index contributed by atoms with van der Waals surface area (Å²) in [6.45, 7) is 3.86. The predicted molar refractivity (Wildman–Crippen MR) is 75.6 cm³/mol. The van der Waals surface area contributed by atoms with Crippen molar-refractivity contribution in [2.24, 2.45) is 0 Å². The molecule has 1 amide bonds. The van der Waals surface area contributed by atoms with Crippen LogP contribution >= 0.6 is 0 Å². The second-order valence-corrected chi connectivity index (χ2v) is 4.68. The van der Waals surface area contributed by atoms with Gasteiger partial charge in [0, 0.05) is 17.8 Å². The molecule has 0 bridgehead atoms. The maximum absolute atomic E-state index is 11.7. The quantitative estimate of drug-likeness (QED) is 0.818. The first-order valence-electron chi connectivity index (χ1n) is 6.29. The van der Waals surface area contributed by atoms with Crippen LogP contribution in [0.15, 0.2) is 34.9 Å². The zero-order valence-corrected chi connectivity index (χ0v) is 11.4. The maximum atomic E-state index is 11.7. The zero-order valence-electron chi connectivity index (χ0n) is 11.4. The van der Waals surface area contributed by atoms with Gasteiger partial charge in [-0.25, -0.2) is 0 Å². The van der Waals surface area contributed by atoms with Crippen LogP contribution in [-0.4, -0.2) is 17.7 Å². The summed E-state index contributed by atoms with van der Waals surface area (Å²) in [7, 11) is 0. The highest BCUT2D eigenvalue weighted by molar-refractivity contribution is 5.90. The molecule has 1 heterocycles. The van der Waals surface area contributed by atoms with Crippen LogP contribution in [0.2, 0.25) is 0 Å². The van der Waals surface area contributed by atoms with Crippen molar-refractivity contribution >= 4 is 17.5 Å². The van der Waals surface area contributed by atoms with E-state index in [-0.39, 0.29) is 18.4 Å². The molecule has 0 aliphatic carbocycles. The fourth-order valence-corrected chi connectivity index (χ4v) is 1.55. The Morgan fingerprint density at radius 3 is 2.90 bits per heavy atom. The van der Waals surface area contributed by atoms with E-state index in [9.17, 15) is 4.79 Å². The van der Waals surface area contributed by atoms with E-state index in [0.29, 0.717) is 17.3 Å². The number of hydrogen-bond donors (Lipinski definition) is 2. The van der Waals surface area contributed by atoms with Gasteiger partial charge in [-0.15, -0.1) is 0 Å². The Kier molecular flexibility index (Phi) is 4.24. The van der Waals surface area contributed by atoms with Gasteiger partial charge in [0.05, 0.1) is 5.69 Å². The van der Waals surface area contributed by atoms with E-state index in [1.165, 1.54) is 0 Å². The normalized spacial score (nSPS) is 10.6. The number of nitrogen functional groups attached to an aromatic ring is 1. The number of rotatable bonds is 5. The Hall–Kier alpha value is -2.50. The predicted octanol–water partition coefficient (Wildman–Crippen LogP) is 2.40. The molecular weight excluding hydrogens is 258 g/mol. The lowest BCUT2D eigenvalue weighted by molar-refractivity contribution is -0.118. The van der Waals surface area contributed by atoms with Crippen LogP contribution in [0.4, 0.5) is 11.6 Å². The molecule has 0 aliphatic heterocycles. The van der Waals surface area contributed by atoms with E-state index >= 15 is 0 Å². The van der Waals surface area contributed by atoms with E-state index in [2.05, 4.69) is 10.5 Å². The summed E-state index contributed by atoms with van der Waals surface area (Å²) in [6, 6.07) is 8.58. The van der Waals surface area contributed by atoms with Crippen molar-refractivity contribution in [3.8, 4) is 5.75 Å². The van der Waals surface area contributed by atoms with Crippen molar-refractivity contribution in [2.75, 3.05) is 17.7 Å². The molecule has 0 unspecified atom stereocenters. The van der Waals surface area contributed by atoms with E-state index in [1.54, 1.807) is 30.3 Å². The summed E-state index contributed by atoms with van der Waals surface area (Å²) >= 11 is 0. The molecule has 0 saturated carbocycles. The lowest BCUT2D eigenvalue weighted by Crippen LogP contribution is -2.19. The molecule has 6 nitrogen and oxygen atoms in total. The van der Waals surface area contributed by atoms with Gasteiger partial charge in [0.15, 0.2) is 6.61 Å². The Labute approximate surface area is 116 Å². The Balaban J connectivity index is 1.86. The molecule has 0 aliphatic rings. The number of nitrogens with two attached hydrogens (primary N) is 1. The number of amides is 1. The van der Waals surface area contributed by atoms with Crippen molar-refractivity contribution in [1.82, 2.24) is 5.16 Å². The Morgan fingerprint density at radius 1 is 1.45 bits per heavy atom. The van der Waals surface area contributed by atoms with Crippen LogP contribution in [0, 0.1) is 0 Å². The SMILES string of the molecule is CC(C)c1cc(NC(=O)COc2cccc(N)c2)on1. The summed E-state index contributed by atoms with van der Waals surface area (Å²) < 4.78 is 10.3. The molecule has 0 atom stereocenters. The standard InChI is InChI=1S/C14H17N3O3/c1-9(2)12-7-14(20-17-12)16-13(18)8-19-11-5-3-4-10(15)6-11/h3-7,9H,8,15H2,1-2H3,(H,16,18). The van der Waals surface area contributed by atoms with Gasteiger partial charge in [-0.3, -0.25) is 10.1 Å². The van der Waals surface area contributed by atoms with E-state index < -0.39 is 0 Å². The second kappa shape index (κ2) is 6.10. The molecule has 0 radical (unpaired) electrons. The highest BCUT2D eigenvalue weighted by Gasteiger charge is 2.10. The summed E-state index contributed by atoms with van der Waals surface area (Å²) in [5.41, 5.74) is 6.99. The van der Waals surface area contributed by atoms with Crippen LogP contribution in [0.3, 0.4) is 0 Å². The number of anilines is 2. The number of nitrogens with zero attached hydrogens (tertiary/aromatic N) is 1. The number of hydrogen-bond acceptors (Lipinski definition) is 5. The summed E-state index contributed by atoms with van der Waals surface area (Å²) in [4.78, 5) is 11.7. The topological polar surface area (TPSA) is 90.4 Å². The molecule has 0 spiro atoms. The van der Waals surface area contributed by atoms with E-state index in [4.69, 9.17) is 15.0 Å².